The fourth-order valence-electron chi connectivity index (χ4n) is 1.17. The molecule has 0 atom stereocenters. The highest BCUT2D eigenvalue weighted by molar-refractivity contribution is 6.31. The molecule has 0 unspecified atom stereocenters. The molecular weight excluding hydrogens is 243 g/mol. The van der Waals surface area contributed by atoms with Crippen LogP contribution >= 0.6 is 11.6 Å². The van der Waals surface area contributed by atoms with Gasteiger partial charge < -0.3 is 10.1 Å². The highest BCUT2D eigenvalue weighted by Gasteiger charge is 2.27. The summed E-state index contributed by atoms with van der Waals surface area (Å²) in [5.74, 6) is 0.292. The van der Waals surface area contributed by atoms with E-state index in [4.69, 9.17) is 16.3 Å². The molecule has 0 aliphatic rings. The van der Waals surface area contributed by atoms with E-state index >= 15 is 0 Å². The summed E-state index contributed by atoms with van der Waals surface area (Å²) in [7, 11) is 1.37. The van der Waals surface area contributed by atoms with Gasteiger partial charge in [-0.3, -0.25) is 0 Å². The first-order valence-electron chi connectivity index (χ1n) is 4.48. The lowest BCUT2D eigenvalue weighted by Gasteiger charge is -2.14. The van der Waals surface area contributed by atoms with Crippen molar-refractivity contribution in [1.29, 1.82) is 0 Å². The number of rotatable bonds is 3. The number of ether oxygens (including phenoxy) is 1. The summed E-state index contributed by atoms with van der Waals surface area (Å²) < 4.78 is 41.0. The van der Waals surface area contributed by atoms with E-state index in [2.05, 4.69) is 5.32 Å². The van der Waals surface area contributed by atoms with E-state index < -0.39 is 12.7 Å². The highest BCUT2D eigenvalue weighted by Crippen LogP contribution is 2.31. The van der Waals surface area contributed by atoms with Crippen molar-refractivity contribution in [3.8, 4) is 5.75 Å². The van der Waals surface area contributed by atoms with Crippen molar-refractivity contribution in [2.45, 2.75) is 13.1 Å². The van der Waals surface area contributed by atoms with Crippen molar-refractivity contribution in [2.75, 3.05) is 19.0 Å². The molecule has 0 bridgehead atoms. The molecule has 6 heteroatoms. The fourth-order valence-corrected chi connectivity index (χ4v) is 1.32. The smallest absolute Gasteiger partial charge is 0.405 e. The second-order valence-electron chi connectivity index (χ2n) is 3.27. The Hall–Kier alpha value is -1.10. The zero-order valence-corrected chi connectivity index (χ0v) is 9.54. The maximum absolute atomic E-state index is 12.0. The summed E-state index contributed by atoms with van der Waals surface area (Å²) in [4.78, 5) is 0. The normalized spacial score (nSPS) is 11.4. The molecule has 0 aliphatic carbocycles. The molecule has 0 aliphatic heterocycles. The molecule has 0 heterocycles. The Labute approximate surface area is 96.4 Å². The lowest BCUT2D eigenvalue weighted by atomic mass is 10.2. The van der Waals surface area contributed by atoms with Crippen LogP contribution in [0, 0.1) is 6.92 Å². The lowest BCUT2D eigenvalue weighted by molar-refractivity contribution is -0.115. The minimum atomic E-state index is -4.27. The third-order valence-corrected chi connectivity index (χ3v) is 2.37. The van der Waals surface area contributed by atoms with Gasteiger partial charge in [-0.25, -0.2) is 0 Å². The van der Waals surface area contributed by atoms with Crippen LogP contribution in [-0.4, -0.2) is 19.8 Å². The number of benzene rings is 1. The van der Waals surface area contributed by atoms with E-state index in [0.29, 0.717) is 16.3 Å². The zero-order chi connectivity index (χ0) is 12.3. The number of nitrogens with one attached hydrogen (secondary N) is 1. The van der Waals surface area contributed by atoms with Gasteiger partial charge in [0.05, 0.1) is 12.8 Å². The van der Waals surface area contributed by atoms with Gasteiger partial charge in [0.1, 0.15) is 12.3 Å². The van der Waals surface area contributed by atoms with Gasteiger partial charge in [-0.2, -0.15) is 13.2 Å². The van der Waals surface area contributed by atoms with Gasteiger partial charge in [-0.1, -0.05) is 11.6 Å². The Morgan fingerprint density at radius 3 is 2.50 bits per heavy atom. The molecule has 16 heavy (non-hydrogen) atoms. The van der Waals surface area contributed by atoms with E-state index in [1.54, 1.807) is 6.92 Å². The van der Waals surface area contributed by atoms with Crippen LogP contribution in [0.1, 0.15) is 5.56 Å². The Morgan fingerprint density at radius 1 is 1.38 bits per heavy atom. The minimum Gasteiger partial charge on any atom is -0.495 e. The van der Waals surface area contributed by atoms with Crippen molar-refractivity contribution in [3.63, 3.8) is 0 Å². The van der Waals surface area contributed by atoms with Crippen LogP contribution in [-0.2, 0) is 0 Å². The van der Waals surface area contributed by atoms with Crippen LogP contribution < -0.4 is 10.1 Å². The molecule has 0 spiro atoms. The number of alkyl halides is 3. The molecule has 1 N–H and O–H groups in total. The van der Waals surface area contributed by atoms with Gasteiger partial charge in [0.15, 0.2) is 0 Å². The number of anilines is 1. The Bertz CT molecular complexity index is 379. The number of methoxy groups -OCH3 is 1. The van der Waals surface area contributed by atoms with Gasteiger partial charge >= 0.3 is 6.18 Å². The van der Waals surface area contributed by atoms with E-state index in [1.165, 1.54) is 19.2 Å². The molecule has 0 amide bonds. The van der Waals surface area contributed by atoms with Crippen molar-refractivity contribution in [1.82, 2.24) is 0 Å². The molecule has 0 aromatic heterocycles. The first kappa shape index (κ1) is 13.0. The van der Waals surface area contributed by atoms with Gasteiger partial charge in [-0.15, -0.1) is 0 Å². The Morgan fingerprint density at radius 2 is 2.00 bits per heavy atom. The lowest BCUT2D eigenvalue weighted by Crippen LogP contribution is -2.21. The van der Waals surface area contributed by atoms with Gasteiger partial charge in [-0.05, 0) is 18.6 Å². The molecule has 1 rings (SSSR count). The predicted molar refractivity (Wildman–Crippen MR) is 57.3 cm³/mol. The van der Waals surface area contributed by atoms with Crippen LogP contribution in [0.5, 0.6) is 5.75 Å². The largest absolute Gasteiger partial charge is 0.495 e. The van der Waals surface area contributed by atoms with Gasteiger partial charge in [0.25, 0.3) is 0 Å². The molecule has 2 nitrogen and oxygen atoms in total. The number of hydrogen-bond acceptors (Lipinski definition) is 2. The summed E-state index contributed by atoms with van der Waals surface area (Å²) in [5, 5.41) is 2.72. The average Bonchev–Trinajstić information content (AvgIpc) is 2.18. The van der Waals surface area contributed by atoms with Gasteiger partial charge in [0.2, 0.25) is 0 Å². The van der Waals surface area contributed by atoms with Crippen LogP contribution in [0.4, 0.5) is 18.9 Å². The van der Waals surface area contributed by atoms with E-state index in [-0.39, 0.29) is 5.69 Å². The number of hydrogen-bond donors (Lipinski definition) is 1. The van der Waals surface area contributed by atoms with Crippen molar-refractivity contribution < 1.29 is 17.9 Å². The SMILES string of the molecule is COc1cc(Cl)c(C)cc1NCC(F)(F)F. The number of halogens is 4. The van der Waals surface area contributed by atoms with E-state index in [9.17, 15) is 13.2 Å². The monoisotopic (exact) mass is 253 g/mol. The standard InChI is InChI=1S/C10H11ClF3NO/c1-6-3-8(15-5-10(12,13)14)9(16-2)4-7(6)11/h3-4,15H,5H2,1-2H3. The number of aryl methyl sites for hydroxylation is 1. The van der Waals surface area contributed by atoms with Crippen molar-refractivity contribution >= 4 is 17.3 Å². The summed E-state index contributed by atoms with van der Waals surface area (Å²) in [6.07, 6.45) is -4.27. The molecular formula is C10H11ClF3NO. The molecule has 0 radical (unpaired) electrons. The quantitative estimate of drug-likeness (QED) is 0.888. The summed E-state index contributed by atoms with van der Waals surface area (Å²) >= 11 is 5.82. The molecule has 1 aromatic carbocycles. The molecule has 0 saturated carbocycles. The van der Waals surface area contributed by atoms with Crippen LogP contribution in [0.15, 0.2) is 12.1 Å². The second-order valence-corrected chi connectivity index (χ2v) is 3.68. The first-order chi connectivity index (χ1) is 7.33. The van der Waals surface area contributed by atoms with Gasteiger partial charge in [0, 0.05) is 11.1 Å². The van der Waals surface area contributed by atoms with Crippen LogP contribution in [0.25, 0.3) is 0 Å². The second kappa shape index (κ2) is 4.82. The molecule has 90 valence electrons. The predicted octanol–water partition coefficient (Wildman–Crippen LogP) is 3.63. The summed E-state index contributed by atoms with van der Waals surface area (Å²) in [6.45, 7) is 0.602. The maximum Gasteiger partial charge on any atom is 0.405 e. The molecule has 0 fully saturated rings. The molecule has 1 aromatic rings. The summed E-state index contributed by atoms with van der Waals surface area (Å²) in [5.41, 5.74) is 0.967. The van der Waals surface area contributed by atoms with Crippen molar-refractivity contribution in [2.24, 2.45) is 0 Å². The van der Waals surface area contributed by atoms with E-state index in [1.807, 2.05) is 0 Å². The third kappa shape index (κ3) is 3.48. The van der Waals surface area contributed by atoms with Crippen molar-refractivity contribution in [3.05, 3.63) is 22.7 Å². The van der Waals surface area contributed by atoms with Crippen LogP contribution in [0.2, 0.25) is 5.02 Å². The Kier molecular flexibility index (Phi) is 3.91. The highest BCUT2D eigenvalue weighted by atomic mass is 35.5. The molecule has 0 saturated heterocycles. The maximum atomic E-state index is 12.0. The fraction of sp³-hybridized carbons (Fsp3) is 0.400. The summed E-state index contributed by atoms with van der Waals surface area (Å²) in [6, 6.07) is 3.00. The first-order valence-corrected chi connectivity index (χ1v) is 4.86. The third-order valence-electron chi connectivity index (χ3n) is 1.96. The average molecular weight is 254 g/mol. The topological polar surface area (TPSA) is 21.3 Å². The van der Waals surface area contributed by atoms with E-state index in [0.717, 1.165) is 0 Å². The minimum absolute atomic E-state index is 0.279. The van der Waals surface area contributed by atoms with Crippen LogP contribution in [0.3, 0.4) is 0 Å². The zero-order valence-electron chi connectivity index (χ0n) is 8.78. The Balaban J connectivity index is 2.90.